The topological polar surface area (TPSA) is 41.4 Å². The standard InChI is InChI=1S/C32H22N4/c1-2-12-31-26(9-1)28-21-33-18-15-25(28)27-14-13-23(30-11-6-17-35-30)20-32(27)36(31)24-8-5-7-22(19-24)29-10-3-4-16-34-29/h1-10,12-21H,11H2. The highest BCUT2D eigenvalue weighted by atomic mass is 15.1. The lowest BCUT2D eigenvalue weighted by Gasteiger charge is -2.28. The fourth-order valence-electron chi connectivity index (χ4n) is 5.16. The van der Waals surface area contributed by atoms with Gasteiger partial charge in [-0.25, -0.2) is 0 Å². The first kappa shape index (κ1) is 20.5. The summed E-state index contributed by atoms with van der Waals surface area (Å²) in [5.74, 6) is 0. The van der Waals surface area contributed by atoms with Gasteiger partial charge in [0.2, 0.25) is 0 Å². The minimum Gasteiger partial charge on any atom is -0.309 e. The summed E-state index contributed by atoms with van der Waals surface area (Å²) < 4.78 is 0. The van der Waals surface area contributed by atoms with Crippen molar-refractivity contribution in [3.8, 4) is 33.5 Å². The largest absolute Gasteiger partial charge is 0.309 e. The number of fused-ring (bicyclic) bond motifs is 5. The Morgan fingerprint density at radius 2 is 1.56 bits per heavy atom. The van der Waals surface area contributed by atoms with Gasteiger partial charge >= 0.3 is 0 Å². The molecule has 4 heteroatoms. The van der Waals surface area contributed by atoms with Crippen molar-refractivity contribution in [3.63, 3.8) is 0 Å². The van der Waals surface area contributed by atoms with Gasteiger partial charge in [-0.1, -0.05) is 54.6 Å². The summed E-state index contributed by atoms with van der Waals surface area (Å²) in [4.78, 5) is 16.1. The summed E-state index contributed by atoms with van der Waals surface area (Å²) in [6.07, 6.45) is 10.5. The van der Waals surface area contributed by atoms with Crippen molar-refractivity contribution >= 4 is 22.8 Å². The molecule has 36 heavy (non-hydrogen) atoms. The number of aromatic nitrogens is 2. The monoisotopic (exact) mass is 462 g/mol. The molecule has 0 saturated carbocycles. The van der Waals surface area contributed by atoms with Crippen LogP contribution in [-0.2, 0) is 0 Å². The molecule has 0 spiro atoms. The molecule has 0 saturated heterocycles. The molecule has 2 aliphatic rings. The van der Waals surface area contributed by atoms with E-state index in [1.54, 1.807) is 0 Å². The van der Waals surface area contributed by atoms with Crippen molar-refractivity contribution in [1.29, 1.82) is 0 Å². The van der Waals surface area contributed by atoms with Gasteiger partial charge in [0.1, 0.15) is 0 Å². The first-order chi connectivity index (χ1) is 17.9. The van der Waals surface area contributed by atoms with Crippen LogP contribution in [0, 0.1) is 0 Å². The van der Waals surface area contributed by atoms with Gasteiger partial charge in [0.05, 0.1) is 22.8 Å². The van der Waals surface area contributed by atoms with E-state index in [2.05, 4.69) is 98.7 Å². The summed E-state index contributed by atoms with van der Waals surface area (Å²) >= 11 is 0. The zero-order chi connectivity index (χ0) is 23.9. The van der Waals surface area contributed by atoms with E-state index >= 15 is 0 Å². The fraction of sp³-hybridized carbons (Fsp3) is 0.0312. The van der Waals surface area contributed by atoms with Crippen LogP contribution in [0.1, 0.15) is 12.0 Å². The van der Waals surface area contributed by atoms with E-state index in [4.69, 9.17) is 0 Å². The van der Waals surface area contributed by atoms with Gasteiger partial charge in [-0.2, -0.15) is 0 Å². The summed E-state index contributed by atoms with van der Waals surface area (Å²) in [5, 5.41) is 0. The second kappa shape index (κ2) is 8.43. The van der Waals surface area contributed by atoms with Crippen LogP contribution in [0.15, 0.2) is 127 Å². The second-order valence-electron chi connectivity index (χ2n) is 8.94. The van der Waals surface area contributed by atoms with Crippen molar-refractivity contribution in [1.82, 2.24) is 9.97 Å². The average molecular weight is 463 g/mol. The van der Waals surface area contributed by atoms with Crippen molar-refractivity contribution in [3.05, 3.63) is 127 Å². The SMILES string of the molecule is C1=CN=C(c2ccc3c(c2)N(c2cccc(-c4ccccn4)c2)c2ccccc2-c2cnccc2-3)C1. The molecule has 0 bridgehead atoms. The molecule has 5 aromatic rings. The maximum atomic E-state index is 4.62. The van der Waals surface area contributed by atoms with E-state index in [9.17, 15) is 0 Å². The van der Waals surface area contributed by atoms with E-state index in [-0.39, 0.29) is 0 Å². The fourth-order valence-corrected chi connectivity index (χ4v) is 5.16. The van der Waals surface area contributed by atoms with Crippen LogP contribution < -0.4 is 4.90 Å². The van der Waals surface area contributed by atoms with Gasteiger partial charge in [-0.05, 0) is 53.6 Å². The molecule has 0 unspecified atom stereocenters. The van der Waals surface area contributed by atoms with Gasteiger partial charge in [0.25, 0.3) is 0 Å². The molecule has 0 fully saturated rings. The van der Waals surface area contributed by atoms with Gasteiger partial charge in [-0.3, -0.25) is 15.0 Å². The smallest absolute Gasteiger partial charge is 0.0702 e. The van der Waals surface area contributed by atoms with Crippen molar-refractivity contribution in [2.45, 2.75) is 6.42 Å². The predicted octanol–water partition coefficient (Wildman–Crippen LogP) is 7.97. The maximum absolute atomic E-state index is 4.62. The Morgan fingerprint density at radius 1 is 0.639 bits per heavy atom. The molecule has 2 aliphatic heterocycles. The number of rotatable bonds is 3. The molecular weight excluding hydrogens is 440 g/mol. The third kappa shape index (κ3) is 3.35. The van der Waals surface area contributed by atoms with Crippen LogP contribution in [0.4, 0.5) is 17.1 Å². The number of benzene rings is 3. The number of pyridine rings is 2. The Bertz CT molecular complexity index is 1670. The molecule has 0 aliphatic carbocycles. The first-order valence-corrected chi connectivity index (χ1v) is 12.1. The highest BCUT2D eigenvalue weighted by Gasteiger charge is 2.27. The molecule has 0 atom stereocenters. The van der Waals surface area contributed by atoms with Crippen molar-refractivity contribution < 1.29 is 0 Å². The third-order valence-corrected chi connectivity index (χ3v) is 6.83. The Balaban J connectivity index is 1.51. The maximum Gasteiger partial charge on any atom is 0.0702 e. The third-order valence-electron chi connectivity index (χ3n) is 6.83. The molecule has 170 valence electrons. The van der Waals surface area contributed by atoms with Crippen LogP contribution >= 0.6 is 0 Å². The molecule has 7 rings (SSSR count). The summed E-state index contributed by atoms with van der Waals surface area (Å²) in [6, 6.07) is 32.0. The number of aliphatic imine (C=N–C) groups is 1. The Hall–Kier alpha value is -4.83. The van der Waals surface area contributed by atoms with Crippen LogP contribution in [0.3, 0.4) is 0 Å². The Morgan fingerprint density at radius 3 is 2.44 bits per heavy atom. The van der Waals surface area contributed by atoms with E-state index in [1.807, 2.05) is 43.0 Å². The molecule has 0 amide bonds. The minimum absolute atomic E-state index is 0.852. The van der Waals surface area contributed by atoms with Gasteiger partial charge < -0.3 is 4.90 Å². The number of allylic oxidation sites excluding steroid dienone is 1. The highest BCUT2D eigenvalue weighted by Crippen LogP contribution is 2.50. The quantitative estimate of drug-likeness (QED) is 0.268. The van der Waals surface area contributed by atoms with Crippen LogP contribution in [0.2, 0.25) is 0 Å². The number of para-hydroxylation sites is 1. The van der Waals surface area contributed by atoms with E-state index in [0.717, 1.165) is 57.1 Å². The van der Waals surface area contributed by atoms with Crippen LogP contribution in [-0.4, -0.2) is 15.7 Å². The summed E-state index contributed by atoms with van der Waals surface area (Å²) in [5.41, 5.74) is 12.2. The molecular formula is C32H22N4. The second-order valence-corrected chi connectivity index (χ2v) is 8.94. The Labute approximate surface area is 210 Å². The lowest BCUT2D eigenvalue weighted by Crippen LogP contribution is -2.12. The molecule has 4 nitrogen and oxygen atoms in total. The lowest BCUT2D eigenvalue weighted by molar-refractivity contribution is 1.28. The van der Waals surface area contributed by atoms with Crippen molar-refractivity contribution in [2.24, 2.45) is 4.99 Å². The van der Waals surface area contributed by atoms with Gasteiger partial charge in [-0.15, -0.1) is 0 Å². The molecule has 4 heterocycles. The normalized spacial score (nSPS) is 13.4. The first-order valence-electron chi connectivity index (χ1n) is 12.1. The summed E-state index contributed by atoms with van der Waals surface area (Å²) in [7, 11) is 0. The predicted molar refractivity (Wildman–Crippen MR) is 147 cm³/mol. The zero-order valence-electron chi connectivity index (χ0n) is 19.5. The number of nitrogens with zero attached hydrogens (tertiary/aromatic N) is 4. The molecule has 2 aromatic heterocycles. The number of hydrogen-bond acceptors (Lipinski definition) is 4. The van der Waals surface area contributed by atoms with Crippen LogP contribution in [0.5, 0.6) is 0 Å². The lowest BCUT2D eigenvalue weighted by atomic mass is 9.95. The molecule has 0 radical (unpaired) electrons. The van der Waals surface area contributed by atoms with Gasteiger partial charge in [0.15, 0.2) is 0 Å². The van der Waals surface area contributed by atoms with E-state index in [1.165, 1.54) is 11.1 Å². The number of hydrogen-bond donors (Lipinski definition) is 0. The zero-order valence-corrected chi connectivity index (χ0v) is 19.5. The number of anilines is 3. The van der Waals surface area contributed by atoms with E-state index < -0.39 is 0 Å². The highest BCUT2D eigenvalue weighted by molar-refractivity contribution is 6.07. The van der Waals surface area contributed by atoms with E-state index in [0.29, 0.717) is 0 Å². The van der Waals surface area contributed by atoms with Crippen LogP contribution in [0.25, 0.3) is 33.5 Å². The molecule has 0 N–H and O–H groups in total. The molecule has 3 aromatic carbocycles. The van der Waals surface area contributed by atoms with Gasteiger partial charge in [0, 0.05) is 59.2 Å². The Kier molecular flexibility index (Phi) is 4.81. The summed E-state index contributed by atoms with van der Waals surface area (Å²) in [6.45, 7) is 0. The van der Waals surface area contributed by atoms with Crippen molar-refractivity contribution in [2.75, 3.05) is 4.90 Å². The average Bonchev–Trinajstić information content (AvgIpc) is 3.46. The minimum atomic E-state index is 0.852.